The maximum Gasteiger partial charge on any atom is 0.307 e. The van der Waals surface area contributed by atoms with E-state index in [-0.39, 0.29) is 17.8 Å². The SMILES string of the molecule is O=C(Cn1cc([N+](=O)[O-])cn1)N/N=C/c1ccccc1F. The predicted octanol–water partition coefficient (Wildman–Crippen LogP) is 1.08. The number of amides is 1. The smallest absolute Gasteiger partial charge is 0.271 e. The summed E-state index contributed by atoms with van der Waals surface area (Å²) in [6, 6.07) is 5.94. The maximum atomic E-state index is 13.3. The van der Waals surface area contributed by atoms with E-state index in [0.29, 0.717) is 0 Å². The molecule has 1 aromatic carbocycles. The fourth-order valence-corrected chi connectivity index (χ4v) is 1.47. The topological polar surface area (TPSA) is 102 Å². The third-order valence-electron chi connectivity index (χ3n) is 2.43. The average molecular weight is 291 g/mol. The van der Waals surface area contributed by atoms with Gasteiger partial charge in [0.15, 0.2) is 0 Å². The first kappa shape index (κ1) is 14.3. The summed E-state index contributed by atoms with van der Waals surface area (Å²) in [4.78, 5) is 21.4. The second kappa shape index (κ2) is 6.37. The summed E-state index contributed by atoms with van der Waals surface area (Å²) < 4.78 is 14.4. The Hall–Kier alpha value is -3.10. The first-order valence-electron chi connectivity index (χ1n) is 5.79. The molecule has 2 aromatic rings. The number of benzene rings is 1. The van der Waals surface area contributed by atoms with Crippen molar-refractivity contribution in [1.82, 2.24) is 15.2 Å². The van der Waals surface area contributed by atoms with Gasteiger partial charge in [-0.2, -0.15) is 10.2 Å². The quantitative estimate of drug-likeness (QED) is 0.505. The number of carbonyl (C=O) groups excluding carboxylic acids is 1. The third-order valence-corrected chi connectivity index (χ3v) is 2.43. The number of carbonyl (C=O) groups is 1. The lowest BCUT2D eigenvalue weighted by molar-refractivity contribution is -0.385. The van der Waals surface area contributed by atoms with Gasteiger partial charge in [-0.3, -0.25) is 19.6 Å². The van der Waals surface area contributed by atoms with Crippen molar-refractivity contribution in [2.45, 2.75) is 6.54 Å². The number of nitro groups is 1. The lowest BCUT2D eigenvalue weighted by Gasteiger charge is -1.99. The van der Waals surface area contributed by atoms with Gasteiger partial charge in [0, 0.05) is 5.56 Å². The molecule has 0 atom stereocenters. The van der Waals surface area contributed by atoms with Gasteiger partial charge in [0.25, 0.3) is 5.91 Å². The van der Waals surface area contributed by atoms with Crippen molar-refractivity contribution in [2.75, 3.05) is 0 Å². The lowest BCUT2D eigenvalue weighted by Crippen LogP contribution is -2.23. The van der Waals surface area contributed by atoms with Crippen LogP contribution < -0.4 is 5.43 Å². The summed E-state index contributed by atoms with van der Waals surface area (Å²) in [5.74, 6) is -1.00. The van der Waals surface area contributed by atoms with Crippen LogP contribution in [0.4, 0.5) is 10.1 Å². The van der Waals surface area contributed by atoms with Crippen LogP contribution in [-0.2, 0) is 11.3 Å². The zero-order valence-electron chi connectivity index (χ0n) is 10.6. The molecular weight excluding hydrogens is 281 g/mol. The minimum atomic E-state index is -0.613. The Kier molecular flexibility index (Phi) is 4.34. The number of nitrogens with one attached hydrogen (secondary N) is 1. The third kappa shape index (κ3) is 3.93. The normalized spacial score (nSPS) is 10.7. The molecule has 0 aliphatic rings. The molecule has 0 saturated heterocycles. The zero-order valence-corrected chi connectivity index (χ0v) is 10.6. The average Bonchev–Trinajstić information content (AvgIpc) is 2.89. The summed E-state index contributed by atoms with van der Waals surface area (Å²) in [6.45, 7) is -0.234. The Balaban J connectivity index is 1.90. The summed E-state index contributed by atoms with van der Waals surface area (Å²) in [6.07, 6.45) is 3.33. The Bertz CT molecular complexity index is 698. The van der Waals surface area contributed by atoms with Gasteiger partial charge in [-0.15, -0.1) is 0 Å². The molecule has 0 unspecified atom stereocenters. The van der Waals surface area contributed by atoms with E-state index < -0.39 is 16.6 Å². The molecule has 0 spiro atoms. The van der Waals surface area contributed by atoms with Crippen molar-refractivity contribution < 1.29 is 14.1 Å². The fourth-order valence-electron chi connectivity index (χ4n) is 1.47. The monoisotopic (exact) mass is 291 g/mol. The highest BCUT2D eigenvalue weighted by molar-refractivity contribution is 5.82. The van der Waals surface area contributed by atoms with E-state index >= 15 is 0 Å². The van der Waals surface area contributed by atoms with Gasteiger partial charge in [0.2, 0.25) is 0 Å². The van der Waals surface area contributed by atoms with Crippen LogP contribution in [0, 0.1) is 15.9 Å². The van der Waals surface area contributed by atoms with Gasteiger partial charge in [-0.05, 0) is 6.07 Å². The molecule has 1 amide bonds. The van der Waals surface area contributed by atoms with Crippen molar-refractivity contribution in [3.05, 3.63) is 58.2 Å². The van der Waals surface area contributed by atoms with Crippen molar-refractivity contribution in [3.63, 3.8) is 0 Å². The van der Waals surface area contributed by atoms with Crippen LogP contribution in [-0.4, -0.2) is 26.8 Å². The number of rotatable bonds is 5. The van der Waals surface area contributed by atoms with Crippen LogP contribution in [0.25, 0.3) is 0 Å². The van der Waals surface area contributed by atoms with E-state index in [1.54, 1.807) is 6.07 Å². The lowest BCUT2D eigenvalue weighted by atomic mass is 10.2. The molecule has 1 heterocycles. The van der Waals surface area contributed by atoms with Crippen molar-refractivity contribution in [1.29, 1.82) is 0 Å². The molecule has 21 heavy (non-hydrogen) atoms. The number of hydrogen-bond donors (Lipinski definition) is 1. The van der Waals surface area contributed by atoms with Crippen LogP contribution in [0.3, 0.4) is 0 Å². The molecule has 1 aromatic heterocycles. The van der Waals surface area contributed by atoms with Gasteiger partial charge in [0.1, 0.15) is 24.8 Å². The molecule has 0 aliphatic carbocycles. The highest BCUT2D eigenvalue weighted by atomic mass is 19.1. The van der Waals surface area contributed by atoms with Crippen LogP contribution in [0.2, 0.25) is 0 Å². The van der Waals surface area contributed by atoms with E-state index in [0.717, 1.165) is 17.1 Å². The Morgan fingerprint density at radius 1 is 1.52 bits per heavy atom. The molecule has 0 aliphatic heterocycles. The molecular formula is C12H10FN5O3. The van der Waals surface area contributed by atoms with Crippen LogP contribution in [0.15, 0.2) is 41.8 Å². The van der Waals surface area contributed by atoms with Crippen molar-refractivity contribution in [2.24, 2.45) is 5.10 Å². The van der Waals surface area contributed by atoms with E-state index in [1.807, 2.05) is 0 Å². The van der Waals surface area contributed by atoms with Gasteiger partial charge in [0.05, 0.1) is 11.1 Å². The van der Waals surface area contributed by atoms with E-state index in [4.69, 9.17) is 0 Å². The second-order valence-electron chi connectivity index (χ2n) is 3.97. The van der Waals surface area contributed by atoms with Crippen LogP contribution >= 0.6 is 0 Å². The number of aromatic nitrogens is 2. The van der Waals surface area contributed by atoms with Crippen molar-refractivity contribution in [3.8, 4) is 0 Å². The van der Waals surface area contributed by atoms with Gasteiger partial charge < -0.3 is 0 Å². The molecule has 0 radical (unpaired) electrons. The Morgan fingerprint density at radius 3 is 2.95 bits per heavy atom. The summed E-state index contributed by atoms with van der Waals surface area (Å²) in [5.41, 5.74) is 2.20. The molecule has 2 rings (SSSR count). The van der Waals surface area contributed by atoms with Crippen LogP contribution in [0.5, 0.6) is 0 Å². The summed E-state index contributed by atoms with van der Waals surface area (Å²) in [7, 11) is 0. The molecule has 8 nitrogen and oxygen atoms in total. The first-order chi connectivity index (χ1) is 10.1. The summed E-state index contributed by atoms with van der Waals surface area (Å²) >= 11 is 0. The van der Waals surface area contributed by atoms with Gasteiger partial charge >= 0.3 is 5.69 Å². The highest BCUT2D eigenvalue weighted by Gasteiger charge is 2.10. The van der Waals surface area contributed by atoms with Crippen molar-refractivity contribution >= 4 is 17.8 Å². The largest absolute Gasteiger partial charge is 0.307 e. The molecule has 9 heteroatoms. The zero-order chi connectivity index (χ0) is 15.2. The van der Waals surface area contributed by atoms with Crippen LogP contribution in [0.1, 0.15) is 5.56 Å². The maximum absolute atomic E-state index is 13.3. The molecule has 0 bridgehead atoms. The predicted molar refractivity (Wildman–Crippen MR) is 71.0 cm³/mol. The highest BCUT2D eigenvalue weighted by Crippen LogP contribution is 2.07. The number of halogens is 1. The minimum absolute atomic E-state index is 0.211. The first-order valence-corrected chi connectivity index (χ1v) is 5.79. The van der Waals surface area contributed by atoms with E-state index in [2.05, 4.69) is 15.6 Å². The molecule has 0 saturated carbocycles. The Labute approximate surface area is 118 Å². The minimum Gasteiger partial charge on any atom is -0.271 e. The van der Waals surface area contributed by atoms with E-state index in [9.17, 15) is 19.3 Å². The molecule has 108 valence electrons. The van der Waals surface area contributed by atoms with E-state index in [1.165, 1.54) is 24.4 Å². The number of hydrazone groups is 1. The number of hydrogen-bond acceptors (Lipinski definition) is 5. The standard InChI is InChI=1S/C12H10FN5O3/c13-11-4-2-1-3-9(11)5-14-16-12(19)8-17-7-10(6-15-17)18(20)21/h1-7H,8H2,(H,16,19)/b14-5+. The molecule has 0 fully saturated rings. The second-order valence-corrected chi connectivity index (χ2v) is 3.97. The van der Waals surface area contributed by atoms with Gasteiger partial charge in [-0.25, -0.2) is 9.82 Å². The number of nitrogens with zero attached hydrogens (tertiary/aromatic N) is 4. The van der Waals surface area contributed by atoms with Gasteiger partial charge in [-0.1, -0.05) is 18.2 Å². The Morgan fingerprint density at radius 2 is 2.29 bits per heavy atom. The fraction of sp³-hybridized carbons (Fsp3) is 0.0833. The molecule has 1 N–H and O–H groups in total. The summed E-state index contributed by atoms with van der Waals surface area (Å²) in [5, 5.41) is 17.7.